The number of amides is 1. The Balaban J connectivity index is 0.000000730. The molecule has 31 heavy (non-hydrogen) atoms. The molecule has 172 valence electrons. The molecule has 4 fully saturated rings. The van der Waals surface area contributed by atoms with Crippen molar-refractivity contribution in [1.82, 2.24) is 5.32 Å². The van der Waals surface area contributed by atoms with Gasteiger partial charge in [-0.3, -0.25) is 9.18 Å². The summed E-state index contributed by atoms with van der Waals surface area (Å²) in [5, 5.41) is 3.45. The molecular formula is C27H41FN2O. The van der Waals surface area contributed by atoms with Gasteiger partial charge in [-0.2, -0.15) is 0 Å². The Hall–Kier alpha value is -1.42. The molecule has 0 aliphatic heterocycles. The Kier molecular flexibility index (Phi) is 6.24. The van der Waals surface area contributed by atoms with Gasteiger partial charge in [0.05, 0.1) is 6.67 Å². The van der Waals surface area contributed by atoms with Crippen molar-refractivity contribution in [3.8, 4) is 0 Å². The van der Waals surface area contributed by atoms with Gasteiger partial charge < -0.3 is 11.1 Å². The van der Waals surface area contributed by atoms with E-state index in [1.165, 1.54) is 31.7 Å². The number of hydrogen-bond acceptors (Lipinski definition) is 2. The molecule has 1 aromatic rings. The predicted molar refractivity (Wildman–Crippen MR) is 124 cm³/mol. The highest BCUT2D eigenvalue weighted by molar-refractivity contribution is 5.83. The van der Waals surface area contributed by atoms with E-state index in [4.69, 9.17) is 5.73 Å². The number of halogens is 1. The monoisotopic (exact) mass is 428 g/mol. The van der Waals surface area contributed by atoms with E-state index in [0.29, 0.717) is 29.3 Å². The minimum absolute atomic E-state index is 0.176. The molecule has 3 N–H and O–H groups in total. The Labute approximate surface area is 187 Å². The van der Waals surface area contributed by atoms with Gasteiger partial charge in [0.2, 0.25) is 5.91 Å². The summed E-state index contributed by atoms with van der Waals surface area (Å²) in [4.78, 5) is 13.5. The zero-order valence-electron chi connectivity index (χ0n) is 19.6. The largest absolute Gasteiger partial charge is 0.353 e. The number of carbonyl (C=O) groups excluding carboxylic acids is 1. The number of nitrogens with one attached hydrogen (secondary N) is 1. The molecule has 2 bridgehead atoms. The second kappa shape index (κ2) is 8.50. The first kappa shape index (κ1) is 22.8. The molecule has 0 aromatic heterocycles. The first-order valence-corrected chi connectivity index (χ1v) is 12.4. The number of alkyl halides is 1. The fourth-order valence-electron chi connectivity index (χ4n) is 7.93. The molecule has 1 aromatic carbocycles. The SMILES string of the molecule is CC1CC2CC(C)(C(=O)NC3CC4(CC(N)C4)C3)CC(c3ccccc3)(C1)C2.CCF. The lowest BCUT2D eigenvalue weighted by Gasteiger charge is -2.58. The number of hydrogen-bond donors (Lipinski definition) is 2. The van der Waals surface area contributed by atoms with Crippen LogP contribution in [0, 0.1) is 22.7 Å². The first-order valence-electron chi connectivity index (χ1n) is 12.4. The quantitative estimate of drug-likeness (QED) is 0.666. The lowest BCUT2D eigenvalue weighted by Crippen LogP contribution is -2.61. The van der Waals surface area contributed by atoms with Crippen LogP contribution in [0.3, 0.4) is 0 Å². The topological polar surface area (TPSA) is 55.1 Å². The molecule has 4 saturated carbocycles. The lowest BCUT2D eigenvalue weighted by atomic mass is 9.50. The summed E-state index contributed by atoms with van der Waals surface area (Å²) < 4.78 is 10.3. The fraction of sp³-hybridized carbons (Fsp3) is 0.741. The highest BCUT2D eigenvalue weighted by Crippen LogP contribution is 2.59. The van der Waals surface area contributed by atoms with E-state index in [2.05, 4.69) is 49.5 Å². The van der Waals surface area contributed by atoms with Gasteiger partial charge in [0, 0.05) is 17.5 Å². The summed E-state index contributed by atoms with van der Waals surface area (Å²) in [6.07, 6.45) is 10.4. The second-order valence-electron chi connectivity index (χ2n) is 11.7. The van der Waals surface area contributed by atoms with E-state index in [9.17, 15) is 9.18 Å². The normalized spacial score (nSPS) is 43.1. The summed E-state index contributed by atoms with van der Waals surface area (Å²) in [7, 11) is 0. The molecule has 4 atom stereocenters. The van der Waals surface area contributed by atoms with Crippen LogP contribution in [0.4, 0.5) is 4.39 Å². The smallest absolute Gasteiger partial charge is 0.226 e. The summed E-state index contributed by atoms with van der Waals surface area (Å²) in [5.41, 5.74) is 7.86. The van der Waals surface area contributed by atoms with Crippen molar-refractivity contribution in [2.75, 3.05) is 6.67 Å². The first-order chi connectivity index (χ1) is 14.7. The Bertz CT molecular complexity index is 765. The average molecular weight is 429 g/mol. The van der Waals surface area contributed by atoms with Gasteiger partial charge in [-0.05, 0) is 92.9 Å². The van der Waals surface area contributed by atoms with Crippen LogP contribution in [0.2, 0.25) is 0 Å². The fourth-order valence-corrected chi connectivity index (χ4v) is 7.93. The molecular weight excluding hydrogens is 387 g/mol. The van der Waals surface area contributed by atoms with Crippen molar-refractivity contribution in [3.05, 3.63) is 35.9 Å². The maximum atomic E-state index is 13.5. The van der Waals surface area contributed by atoms with E-state index in [0.717, 1.165) is 44.4 Å². The van der Waals surface area contributed by atoms with Crippen LogP contribution in [0.5, 0.6) is 0 Å². The van der Waals surface area contributed by atoms with Crippen LogP contribution in [0.1, 0.15) is 84.1 Å². The maximum absolute atomic E-state index is 13.5. The van der Waals surface area contributed by atoms with Gasteiger partial charge in [-0.15, -0.1) is 0 Å². The number of carbonyl (C=O) groups is 1. The second-order valence-corrected chi connectivity index (χ2v) is 11.7. The van der Waals surface area contributed by atoms with E-state index in [1.807, 2.05) is 0 Å². The third-order valence-corrected chi connectivity index (χ3v) is 8.64. The van der Waals surface area contributed by atoms with Gasteiger partial charge in [0.1, 0.15) is 0 Å². The summed E-state index contributed by atoms with van der Waals surface area (Å²) in [5.74, 6) is 1.74. The minimum atomic E-state index is -0.250. The lowest BCUT2D eigenvalue weighted by molar-refractivity contribution is -0.140. The molecule has 4 aliphatic carbocycles. The average Bonchev–Trinajstić information content (AvgIpc) is 2.65. The van der Waals surface area contributed by atoms with Gasteiger partial charge in [0.25, 0.3) is 0 Å². The number of benzene rings is 1. The summed E-state index contributed by atoms with van der Waals surface area (Å²) in [6.45, 7) is 5.86. The maximum Gasteiger partial charge on any atom is 0.226 e. The Morgan fingerprint density at radius 1 is 1.10 bits per heavy atom. The van der Waals surface area contributed by atoms with Crippen LogP contribution >= 0.6 is 0 Å². The van der Waals surface area contributed by atoms with Gasteiger partial charge in [-0.25, -0.2) is 0 Å². The van der Waals surface area contributed by atoms with Gasteiger partial charge >= 0.3 is 0 Å². The van der Waals surface area contributed by atoms with E-state index in [-0.39, 0.29) is 17.5 Å². The van der Waals surface area contributed by atoms with Crippen molar-refractivity contribution >= 4 is 5.91 Å². The zero-order chi connectivity index (χ0) is 22.3. The Morgan fingerprint density at radius 2 is 1.74 bits per heavy atom. The van der Waals surface area contributed by atoms with Crippen molar-refractivity contribution in [2.45, 2.75) is 96.1 Å². The number of nitrogens with two attached hydrogens (primary N) is 1. The van der Waals surface area contributed by atoms with Crippen molar-refractivity contribution in [1.29, 1.82) is 0 Å². The highest BCUT2D eigenvalue weighted by atomic mass is 19.1. The summed E-state index contributed by atoms with van der Waals surface area (Å²) in [6, 6.07) is 11.8. The molecule has 0 heterocycles. The van der Waals surface area contributed by atoms with Crippen LogP contribution in [-0.2, 0) is 10.2 Å². The number of fused-ring (bicyclic) bond motifs is 2. The summed E-state index contributed by atoms with van der Waals surface area (Å²) >= 11 is 0. The van der Waals surface area contributed by atoms with Crippen LogP contribution in [-0.4, -0.2) is 24.7 Å². The molecule has 4 aliphatic rings. The van der Waals surface area contributed by atoms with Crippen molar-refractivity contribution < 1.29 is 9.18 Å². The van der Waals surface area contributed by atoms with Crippen LogP contribution in [0.25, 0.3) is 0 Å². The van der Waals surface area contributed by atoms with E-state index < -0.39 is 0 Å². The molecule has 3 nitrogen and oxygen atoms in total. The molecule has 1 spiro atoms. The highest BCUT2D eigenvalue weighted by Gasteiger charge is 2.55. The molecule has 4 heteroatoms. The molecule has 5 rings (SSSR count). The Morgan fingerprint density at radius 3 is 2.35 bits per heavy atom. The van der Waals surface area contributed by atoms with Gasteiger partial charge in [-0.1, -0.05) is 44.2 Å². The van der Waals surface area contributed by atoms with Crippen LogP contribution < -0.4 is 11.1 Å². The molecule has 4 unspecified atom stereocenters. The third kappa shape index (κ3) is 4.42. The van der Waals surface area contributed by atoms with Crippen molar-refractivity contribution in [3.63, 3.8) is 0 Å². The minimum Gasteiger partial charge on any atom is -0.353 e. The molecule has 1 amide bonds. The van der Waals surface area contributed by atoms with Gasteiger partial charge in [0.15, 0.2) is 0 Å². The molecule has 0 saturated heterocycles. The van der Waals surface area contributed by atoms with Crippen LogP contribution in [0.15, 0.2) is 30.3 Å². The molecule has 0 radical (unpaired) electrons. The number of rotatable bonds is 3. The standard InChI is InChI=1S/C25H36N2O.C2H5F/c1-17-8-18-10-23(2,16-25(9-17,11-18)19-6-4-3-5-7-19)22(28)27-21-14-24(15-21)12-20(26)13-24;1-2-3/h3-7,17-18,20-21H,8-16,26H2,1-2H3,(H,27,28);2H2,1H3. The predicted octanol–water partition coefficient (Wildman–Crippen LogP) is 5.52. The zero-order valence-corrected chi connectivity index (χ0v) is 19.6. The van der Waals surface area contributed by atoms with E-state index in [1.54, 1.807) is 0 Å². The van der Waals surface area contributed by atoms with Crippen molar-refractivity contribution in [2.24, 2.45) is 28.4 Å². The van der Waals surface area contributed by atoms with E-state index >= 15 is 0 Å². The third-order valence-electron chi connectivity index (χ3n) is 8.64.